The van der Waals surface area contributed by atoms with Crippen molar-refractivity contribution in [1.29, 1.82) is 0 Å². The van der Waals surface area contributed by atoms with E-state index in [0.29, 0.717) is 35.6 Å². The Morgan fingerprint density at radius 1 is 0.780 bits per heavy atom. The van der Waals surface area contributed by atoms with E-state index >= 15 is 0 Å². The highest BCUT2D eigenvalue weighted by atomic mass is 16.5. The molecule has 0 aliphatic rings. The molecule has 5 aromatic rings. The predicted octanol–water partition coefficient (Wildman–Crippen LogP) is 6.75. The number of nitrogens with one attached hydrogen (secondary N) is 3. The summed E-state index contributed by atoms with van der Waals surface area (Å²) in [6.07, 6.45) is 3.49. The van der Waals surface area contributed by atoms with Gasteiger partial charge in [0, 0.05) is 30.2 Å². The van der Waals surface area contributed by atoms with Gasteiger partial charge < -0.3 is 20.1 Å². The summed E-state index contributed by atoms with van der Waals surface area (Å²) in [6.45, 7) is 2.42. The van der Waals surface area contributed by atoms with Crippen molar-refractivity contribution in [2.45, 2.75) is 13.5 Å². The first kappa shape index (κ1) is 27.1. The van der Waals surface area contributed by atoms with Gasteiger partial charge in [-0.15, -0.1) is 0 Å². The number of hydrazone groups is 1. The Bertz CT molecular complexity index is 1610. The van der Waals surface area contributed by atoms with Gasteiger partial charge >= 0.3 is 0 Å². The number of rotatable bonds is 11. The minimum Gasteiger partial charge on any atom is -0.493 e. The van der Waals surface area contributed by atoms with Crippen molar-refractivity contribution >= 4 is 29.0 Å². The second-order valence-electron chi connectivity index (χ2n) is 9.06. The van der Waals surface area contributed by atoms with E-state index in [1.54, 1.807) is 26.6 Å². The Labute approximate surface area is 239 Å². The zero-order valence-corrected chi connectivity index (χ0v) is 23.1. The van der Waals surface area contributed by atoms with E-state index in [1.165, 1.54) is 0 Å². The average Bonchev–Trinajstić information content (AvgIpc) is 3.03. The number of para-hydroxylation sites is 1. The number of methoxy groups -OCH3 is 2. The van der Waals surface area contributed by atoms with Crippen molar-refractivity contribution < 1.29 is 9.47 Å². The van der Waals surface area contributed by atoms with Crippen molar-refractivity contribution in [3.8, 4) is 22.6 Å². The minimum atomic E-state index is 0.421. The van der Waals surface area contributed by atoms with Gasteiger partial charge in [-0.1, -0.05) is 54.6 Å². The van der Waals surface area contributed by atoms with E-state index in [-0.39, 0.29) is 0 Å². The third-order valence-electron chi connectivity index (χ3n) is 6.34. The molecule has 0 aliphatic heterocycles. The predicted molar refractivity (Wildman–Crippen MR) is 164 cm³/mol. The number of pyridine rings is 1. The molecule has 2 heterocycles. The quantitative estimate of drug-likeness (QED) is 0.124. The van der Waals surface area contributed by atoms with Crippen LogP contribution in [0.5, 0.6) is 11.5 Å². The van der Waals surface area contributed by atoms with Crippen molar-refractivity contribution in [3.63, 3.8) is 0 Å². The molecule has 0 saturated heterocycles. The van der Waals surface area contributed by atoms with Gasteiger partial charge in [0.15, 0.2) is 17.3 Å². The van der Waals surface area contributed by atoms with Crippen LogP contribution in [0.1, 0.15) is 18.1 Å². The number of aromatic nitrogens is 3. The Morgan fingerprint density at radius 2 is 1.46 bits per heavy atom. The number of anilines is 4. The SMILES string of the molecule is COc1ccc(CNc2nc(Nc3ccccc3)nc(NN=C(C)c3ccncc3)c2-c2ccccc2)cc1OC. The van der Waals surface area contributed by atoms with Gasteiger partial charge in [-0.25, -0.2) is 0 Å². The number of hydrogen-bond donors (Lipinski definition) is 3. The third-order valence-corrected chi connectivity index (χ3v) is 6.34. The molecule has 0 bridgehead atoms. The van der Waals surface area contributed by atoms with Crippen LogP contribution in [0, 0.1) is 0 Å². The summed E-state index contributed by atoms with van der Waals surface area (Å²) in [5, 5.41) is 11.5. The Hall–Kier alpha value is -5.44. The molecule has 9 heteroatoms. The van der Waals surface area contributed by atoms with Crippen molar-refractivity contribution in [2.24, 2.45) is 5.10 Å². The lowest BCUT2D eigenvalue weighted by molar-refractivity contribution is 0.354. The van der Waals surface area contributed by atoms with Gasteiger partial charge in [0.1, 0.15) is 5.82 Å². The molecule has 0 radical (unpaired) electrons. The Kier molecular flexibility index (Phi) is 8.66. The Balaban J connectivity index is 1.57. The molecular formula is C32H31N7O2. The van der Waals surface area contributed by atoms with Gasteiger partial charge in [0.2, 0.25) is 5.95 Å². The summed E-state index contributed by atoms with van der Waals surface area (Å²) in [5.41, 5.74) is 8.55. The van der Waals surface area contributed by atoms with Crippen LogP contribution in [0.4, 0.5) is 23.3 Å². The molecule has 0 aliphatic carbocycles. The average molecular weight is 546 g/mol. The first-order chi connectivity index (χ1) is 20.1. The molecule has 9 nitrogen and oxygen atoms in total. The molecule has 5 rings (SSSR count). The molecule has 0 atom stereocenters. The van der Waals surface area contributed by atoms with Crippen molar-refractivity contribution in [1.82, 2.24) is 15.0 Å². The van der Waals surface area contributed by atoms with E-state index in [2.05, 4.69) is 26.1 Å². The smallest absolute Gasteiger partial charge is 0.231 e. The number of benzene rings is 3. The highest BCUT2D eigenvalue weighted by Crippen LogP contribution is 2.35. The lowest BCUT2D eigenvalue weighted by Gasteiger charge is -2.18. The molecular weight excluding hydrogens is 514 g/mol. The first-order valence-corrected chi connectivity index (χ1v) is 13.1. The standard InChI is InChI=1S/C32H31N7O2/c1-22(24-16-18-33-19-17-24)38-39-31-29(25-10-6-4-7-11-25)30(36-32(37-31)35-26-12-8-5-9-13-26)34-21-23-14-15-27(40-2)28(20-23)41-3/h4-20H,21H2,1-3H3,(H3,34,35,36,37,39). The summed E-state index contributed by atoms with van der Waals surface area (Å²) in [6, 6.07) is 29.4. The molecule has 206 valence electrons. The Morgan fingerprint density at radius 3 is 2.17 bits per heavy atom. The maximum Gasteiger partial charge on any atom is 0.231 e. The summed E-state index contributed by atoms with van der Waals surface area (Å²) in [4.78, 5) is 13.8. The van der Waals surface area contributed by atoms with Gasteiger partial charge in [-0.2, -0.15) is 15.1 Å². The summed E-state index contributed by atoms with van der Waals surface area (Å²) >= 11 is 0. The lowest BCUT2D eigenvalue weighted by Crippen LogP contribution is -2.10. The molecule has 0 saturated carbocycles. The van der Waals surface area contributed by atoms with Gasteiger partial charge in [0.05, 0.1) is 25.5 Å². The molecule has 0 spiro atoms. The van der Waals surface area contributed by atoms with Crippen LogP contribution in [0.2, 0.25) is 0 Å². The van der Waals surface area contributed by atoms with Crippen LogP contribution in [-0.4, -0.2) is 34.9 Å². The summed E-state index contributed by atoms with van der Waals surface area (Å²) in [7, 11) is 3.25. The van der Waals surface area contributed by atoms with E-state index in [0.717, 1.165) is 33.7 Å². The van der Waals surface area contributed by atoms with Crippen LogP contribution < -0.4 is 25.5 Å². The first-order valence-electron chi connectivity index (χ1n) is 13.1. The number of ether oxygens (including phenoxy) is 2. The largest absolute Gasteiger partial charge is 0.493 e. The van der Waals surface area contributed by atoms with Crippen molar-refractivity contribution in [2.75, 3.05) is 30.3 Å². The monoisotopic (exact) mass is 545 g/mol. The number of hydrogen-bond acceptors (Lipinski definition) is 9. The normalized spacial score (nSPS) is 11.0. The van der Waals surface area contributed by atoms with Crippen LogP contribution in [0.3, 0.4) is 0 Å². The molecule has 41 heavy (non-hydrogen) atoms. The minimum absolute atomic E-state index is 0.421. The van der Waals surface area contributed by atoms with Gasteiger partial charge in [0.25, 0.3) is 0 Å². The fourth-order valence-electron chi connectivity index (χ4n) is 4.23. The van der Waals surface area contributed by atoms with Gasteiger partial charge in [-0.05, 0) is 54.4 Å². The van der Waals surface area contributed by atoms with Crippen LogP contribution in [-0.2, 0) is 6.54 Å². The summed E-state index contributed by atoms with van der Waals surface area (Å²) < 4.78 is 10.9. The molecule has 2 aromatic heterocycles. The fraction of sp³-hybridized carbons (Fsp3) is 0.125. The second kappa shape index (κ2) is 13.1. The molecule has 0 fully saturated rings. The highest BCUT2D eigenvalue weighted by molar-refractivity contribution is 5.99. The zero-order chi connectivity index (χ0) is 28.4. The van der Waals surface area contributed by atoms with E-state index in [9.17, 15) is 0 Å². The van der Waals surface area contributed by atoms with Gasteiger partial charge in [-0.3, -0.25) is 10.4 Å². The lowest BCUT2D eigenvalue weighted by atomic mass is 10.1. The van der Waals surface area contributed by atoms with Crippen LogP contribution >= 0.6 is 0 Å². The van der Waals surface area contributed by atoms with E-state index < -0.39 is 0 Å². The number of nitrogens with zero attached hydrogens (tertiary/aromatic N) is 4. The maximum atomic E-state index is 5.50. The molecule has 0 unspecified atom stereocenters. The molecule has 3 aromatic carbocycles. The fourth-order valence-corrected chi connectivity index (χ4v) is 4.23. The molecule has 3 N–H and O–H groups in total. The van der Waals surface area contributed by atoms with Crippen molar-refractivity contribution in [3.05, 3.63) is 115 Å². The molecule has 0 amide bonds. The summed E-state index contributed by atoms with van der Waals surface area (Å²) in [5.74, 6) is 2.94. The second-order valence-corrected chi connectivity index (χ2v) is 9.06. The topological polar surface area (TPSA) is 106 Å². The maximum absolute atomic E-state index is 5.50. The third kappa shape index (κ3) is 6.77. The highest BCUT2D eigenvalue weighted by Gasteiger charge is 2.17. The van der Waals surface area contributed by atoms with E-state index in [1.807, 2.05) is 97.9 Å². The zero-order valence-electron chi connectivity index (χ0n) is 23.1. The van der Waals surface area contributed by atoms with Crippen LogP contribution in [0.25, 0.3) is 11.1 Å². The van der Waals surface area contributed by atoms with Crippen LogP contribution in [0.15, 0.2) is 108 Å². The van der Waals surface area contributed by atoms with E-state index in [4.69, 9.17) is 19.4 Å².